The van der Waals surface area contributed by atoms with Crippen LogP contribution in [0.3, 0.4) is 0 Å². The van der Waals surface area contributed by atoms with Gasteiger partial charge >= 0.3 is 0 Å². The number of likely N-dealkylation sites (N-methyl/N-ethyl adjacent to an activating group) is 1. The minimum absolute atomic E-state index is 0.0145. The van der Waals surface area contributed by atoms with Gasteiger partial charge in [0.2, 0.25) is 0 Å². The molecule has 1 saturated heterocycles. The molecule has 2 rings (SSSR count). The Morgan fingerprint density at radius 2 is 2.38 bits per heavy atom. The Bertz CT molecular complexity index is 359. The average Bonchev–Trinajstić information content (AvgIpc) is 2.67. The van der Waals surface area contributed by atoms with Crippen LogP contribution in [0.1, 0.15) is 24.9 Å². The number of ether oxygens (including phenoxy) is 1. The van der Waals surface area contributed by atoms with Crippen molar-refractivity contribution in [3.63, 3.8) is 0 Å². The zero-order valence-corrected chi connectivity index (χ0v) is 9.61. The summed E-state index contributed by atoms with van der Waals surface area (Å²) >= 11 is 0. The van der Waals surface area contributed by atoms with E-state index in [0.717, 1.165) is 18.6 Å². The lowest BCUT2D eigenvalue weighted by atomic mass is 9.93. The summed E-state index contributed by atoms with van der Waals surface area (Å²) in [5, 5.41) is 3.19. The Hall–Kier alpha value is -1.00. The molecule has 1 fully saturated rings. The second-order valence-corrected chi connectivity index (χ2v) is 4.30. The largest absolute Gasteiger partial charge is 0.376 e. The lowest BCUT2D eigenvalue weighted by molar-refractivity contribution is 0.0629. The van der Waals surface area contributed by atoms with Gasteiger partial charge in [0, 0.05) is 12.8 Å². The second kappa shape index (κ2) is 4.89. The zero-order chi connectivity index (χ0) is 11.5. The Kier molecular flexibility index (Phi) is 3.51. The molecular formula is C12H17FN2O. The molecule has 1 aliphatic heterocycles. The van der Waals surface area contributed by atoms with Crippen molar-refractivity contribution in [1.29, 1.82) is 0 Å². The highest BCUT2D eigenvalue weighted by atomic mass is 19.1. The van der Waals surface area contributed by atoms with Gasteiger partial charge in [-0.2, -0.15) is 0 Å². The molecule has 1 aromatic heterocycles. The zero-order valence-electron chi connectivity index (χ0n) is 9.61. The number of nitrogens with one attached hydrogen (secondary N) is 1. The Labute approximate surface area is 95.0 Å². The van der Waals surface area contributed by atoms with E-state index in [9.17, 15) is 4.39 Å². The third kappa shape index (κ3) is 2.23. The minimum atomic E-state index is -0.302. The van der Waals surface area contributed by atoms with Crippen LogP contribution in [0.4, 0.5) is 4.39 Å². The van der Waals surface area contributed by atoms with Crippen LogP contribution in [0.2, 0.25) is 0 Å². The summed E-state index contributed by atoms with van der Waals surface area (Å²) in [7, 11) is 1.87. The Morgan fingerprint density at radius 1 is 1.56 bits per heavy atom. The molecule has 1 aromatic rings. The lowest BCUT2D eigenvalue weighted by Crippen LogP contribution is -2.32. The average molecular weight is 224 g/mol. The predicted octanol–water partition coefficient (Wildman–Crippen LogP) is 1.91. The van der Waals surface area contributed by atoms with Crippen molar-refractivity contribution >= 4 is 0 Å². The highest BCUT2D eigenvalue weighted by Crippen LogP contribution is 2.30. The molecule has 3 unspecified atom stereocenters. The third-order valence-electron chi connectivity index (χ3n) is 3.17. The predicted molar refractivity (Wildman–Crippen MR) is 59.5 cm³/mol. The maximum absolute atomic E-state index is 13.1. The number of rotatable bonds is 3. The number of aromatic nitrogens is 1. The molecule has 0 radical (unpaired) electrons. The minimum Gasteiger partial charge on any atom is -0.376 e. The standard InChI is InChI=1S/C12H17FN2O/c1-8-3-4-16-12(8)11(14-2)9-5-10(13)7-15-6-9/h5-8,11-12,14H,3-4H2,1-2H3. The van der Waals surface area contributed by atoms with Gasteiger partial charge in [-0.3, -0.25) is 4.98 Å². The number of hydrogen-bond acceptors (Lipinski definition) is 3. The molecule has 0 amide bonds. The Morgan fingerprint density at radius 3 is 2.94 bits per heavy atom. The van der Waals surface area contributed by atoms with E-state index in [1.54, 1.807) is 6.20 Å². The first-order valence-electron chi connectivity index (χ1n) is 5.61. The number of pyridine rings is 1. The highest BCUT2D eigenvalue weighted by Gasteiger charge is 2.32. The van der Waals surface area contributed by atoms with Crippen molar-refractivity contribution in [3.05, 3.63) is 29.8 Å². The van der Waals surface area contributed by atoms with Crippen molar-refractivity contribution in [2.75, 3.05) is 13.7 Å². The van der Waals surface area contributed by atoms with Crippen LogP contribution >= 0.6 is 0 Å². The Balaban J connectivity index is 2.21. The van der Waals surface area contributed by atoms with Gasteiger partial charge in [0.1, 0.15) is 5.82 Å². The van der Waals surface area contributed by atoms with Gasteiger partial charge in [0.15, 0.2) is 0 Å². The van der Waals surface area contributed by atoms with E-state index >= 15 is 0 Å². The van der Waals surface area contributed by atoms with Crippen LogP contribution in [-0.2, 0) is 4.74 Å². The first kappa shape index (κ1) is 11.5. The highest BCUT2D eigenvalue weighted by molar-refractivity contribution is 5.17. The van der Waals surface area contributed by atoms with Crippen LogP contribution in [0.5, 0.6) is 0 Å². The van der Waals surface area contributed by atoms with Gasteiger partial charge < -0.3 is 10.1 Å². The molecule has 4 heteroatoms. The first-order valence-corrected chi connectivity index (χ1v) is 5.61. The van der Waals surface area contributed by atoms with Gasteiger partial charge in [0.25, 0.3) is 0 Å². The monoisotopic (exact) mass is 224 g/mol. The van der Waals surface area contributed by atoms with E-state index in [1.165, 1.54) is 12.3 Å². The summed E-state index contributed by atoms with van der Waals surface area (Å²) in [6.07, 6.45) is 4.08. The van der Waals surface area contributed by atoms with Gasteiger partial charge in [-0.1, -0.05) is 6.92 Å². The smallest absolute Gasteiger partial charge is 0.141 e. The van der Waals surface area contributed by atoms with Crippen molar-refractivity contribution in [2.45, 2.75) is 25.5 Å². The molecule has 0 spiro atoms. The molecule has 2 heterocycles. The van der Waals surface area contributed by atoms with Crippen molar-refractivity contribution in [2.24, 2.45) is 5.92 Å². The van der Waals surface area contributed by atoms with E-state index in [-0.39, 0.29) is 18.0 Å². The van der Waals surface area contributed by atoms with Gasteiger partial charge in [-0.25, -0.2) is 4.39 Å². The van der Waals surface area contributed by atoms with Crippen molar-refractivity contribution in [1.82, 2.24) is 10.3 Å². The van der Waals surface area contributed by atoms with E-state index in [4.69, 9.17) is 4.74 Å². The van der Waals surface area contributed by atoms with Gasteiger partial charge in [-0.15, -0.1) is 0 Å². The quantitative estimate of drug-likeness (QED) is 0.851. The van der Waals surface area contributed by atoms with E-state index in [2.05, 4.69) is 17.2 Å². The number of halogens is 1. The summed E-state index contributed by atoms with van der Waals surface area (Å²) < 4.78 is 18.8. The van der Waals surface area contributed by atoms with Crippen LogP contribution in [0.25, 0.3) is 0 Å². The molecule has 3 atom stereocenters. The normalized spacial score (nSPS) is 26.9. The summed E-state index contributed by atoms with van der Waals surface area (Å²) in [5.74, 6) is 0.184. The fraction of sp³-hybridized carbons (Fsp3) is 0.583. The molecular weight excluding hydrogens is 207 g/mol. The molecule has 16 heavy (non-hydrogen) atoms. The molecule has 1 N–H and O–H groups in total. The van der Waals surface area contributed by atoms with Crippen molar-refractivity contribution in [3.8, 4) is 0 Å². The molecule has 88 valence electrons. The third-order valence-corrected chi connectivity index (χ3v) is 3.17. The first-order chi connectivity index (χ1) is 7.72. The van der Waals surface area contributed by atoms with Gasteiger partial charge in [0.05, 0.1) is 18.3 Å². The van der Waals surface area contributed by atoms with E-state index < -0.39 is 0 Å². The van der Waals surface area contributed by atoms with Crippen molar-refractivity contribution < 1.29 is 9.13 Å². The molecule has 0 aromatic carbocycles. The maximum atomic E-state index is 13.1. The van der Waals surface area contributed by atoms with E-state index in [0.29, 0.717) is 5.92 Å². The number of nitrogens with zero attached hydrogens (tertiary/aromatic N) is 1. The second-order valence-electron chi connectivity index (χ2n) is 4.30. The van der Waals surface area contributed by atoms with Crippen LogP contribution < -0.4 is 5.32 Å². The van der Waals surface area contributed by atoms with Crippen LogP contribution in [-0.4, -0.2) is 24.7 Å². The topological polar surface area (TPSA) is 34.2 Å². The van der Waals surface area contributed by atoms with Crippen LogP contribution in [0, 0.1) is 11.7 Å². The van der Waals surface area contributed by atoms with Gasteiger partial charge in [-0.05, 0) is 31.0 Å². The molecule has 0 bridgehead atoms. The summed E-state index contributed by atoms with van der Waals surface area (Å²) in [5.41, 5.74) is 0.848. The molecule has 3 nitrogen and oxygen atoms in total. The molecule has 1 aliphatic rings. The van der Waals surface area contributed by atoms with Crippen LogP contribution in [0.15, 0.2) is 18.5 Å². The molecule has 0 aliphatic carbocycles. The summed E-state index contributed by atoms with van der Waals surface area (Å²) in [6.45, 7) is 2.95. The summed E-state index contributed by atoms with van der Waals surface area (Å²) in [6, 6.07) is 1.53. The maximum Gasteiger partial charge on any atom is 0.141 e. The summed E-state index contributed by atoms with van der Waals surface area (Å²) in [4.78, 5) is 3.88. The lowest BCUT2D eigenvalue weighted by Gasteiger charge is -2.25. The SMILES string of the molecule is CNC(c1cncc(F)c1)C1OCCC1C. The molecule has 0 saturated carbocycles. The number of hydrogen-bond donors (Lipinski definition) is 1. The fourth-order valence-corrected chi connectivity index (χ4v) is 2.26. The van der Waals surface area contributed by atoms with E-state index in [1.807, 2.05) is 7.05 Å². The fourth-order valence-electron chi connectivity index (χ4n) is 2.26.